The smallest absolute Gasteiger partial charge is 0.270 e. The molecular formula is C23H17ClN6O5S. The Kier molecular flexibility index (Phi) is 7.56. The Bertz CT molecular complexity index is 1430. The summed E-state index contributed by atoms with van der Waals surface area (Å²) in [4.78, 5) is 33.6. The number of nitrogens with zero attached hydrogens (tertiary/aromatic N) is 5. The number of nitro benzene ring substituents is 2. The van der Waals surface area contributed by atoms with Gasteiger partial charge in [0.1, 0.15) is 0 Å². The Hall–Kier alpha value is -4.29. The van der Waals surface area contributed by atoms with Gasteiger partial charge < -0.3 is 5.32 Å². The summed E-state index contributed by atoms with van der Waals surface area (Å²) in [6.07, 6.45) is 0. The zero-order valence-electron chi connectivity index (χ0n) is 18.4. The van der Waals surface area contributed by atoms with Gasteiger partial charge in [-0.05, 0) is 23.8 Å². The van der Waals surface area contributed by atoms with Gasteiger partial charge in [-0.15, -0.1) is 10.2 Å². The third-order valence-electron chi connectivity index (χ3n) is 5.05. The maximum Gasteiger partial charge on any atom is 0.270 e. The SMILES string of the molecule is O=C(NCc1nnc(SCc2ccccc2)n1-c1ccc([N+](=O)[O-])cc1)c1ccc([N+](=O)[O-])cc1Cl. The van der Waals surface area contributed by atoms with Crippen LogP contribution in [0.25, 0.3) is 5.69 Å². The molecule has 0 spiro atoms. The van der Waals surface area contributed by atoms with Crippen molar-refractivity contribution >= 4 is 40.6 Å². The van der Waals surface area contributed by atoms with Crippen molar-refractivity contribution in [2.45, 2.75) is 17.5 Å². The van der Waals surface area contributed by atoms with Crippen molar-refractivity contribution < 1.29 is 14.6 Å². The van der Waals surface area contributed by atoms with E-state index in [9.17, 15) is 25.0 Å². The van der Waals surface area contributed by atoms with Gasteiger partial charge in [-0.2, -0.15) is 0 Å². The molecule has 0 fully saturated rings. The number of aromatic nitrogens is 3. The molecule has 0 saturated carbocycles. The monoisotopic (exact) mass is 524 g/mol. The highest BCUT2D eigenvalue weighted by molar-refractivity contribution is 7.98. The maximum atomic E-state index is 12.7. The van der Waals surface area contributed by atoms with E-state index in [0.29, 0.717) is 22.4 Å². The van der Waals surface area contributed by atoms with Gasteiger partial charge in [-0.3, -0.25) is 29.6 Å². The summed E-state index contributed by atoms with van der Waals surface area (Å²) >= 11 is 7.49. The molecule has 0 aliphatic heterocycles. The normalized spacial score (nSPS) is 10.7. The number of halogens is 1. The predicted molar refractivity (Wildman–Crippen MR) is 133 cm³/mol. The first kappa shape index (κ1) is 24.8. The van der Waals surface area contributed by atoms with Gasteiger partial charge in [-0.25, -0.2) is 0 Å². The maximum absolute atomic E-state index is 12.7. The van der Waals surface area contributed by atoms with Crippen LogP contribution in [-0.2, 0) is 12.3 Å². The number of thioether (sulfide) groups is 1. The topological polar surface area (TPSA) is 146 Å². The van der Waals surface area contributed by atoms with Crippen LogP contribution in [0.1, 0.15) is 21.7 Å². The molecule has 11 nitrogen and oxygen atoms in total. The second-order valence-corrected chi connectivity index (χ2v) is 8.74. The molecule has 0 unspecified atom stereocenters. The average Bonchev–Trinajstić information content (AvgIpc) is 3.29. The molecule has 1 aromatic heterocycles. The Balaban J connectivity index is 1.58. The van der Waals surface area contributed by atoms with Crippen molar-refractivity contribution in [3.63, 3.8) is 0 Å². The lowest BCUT2D eigenvalue weighted by molar-refractivity contribution is -0.385. The fourth-order valence-electron chi connectivity index (χ4n) is 3.27. The molecule has 4 aromatic rings. The van der Waals surface area contributed by atoms with Crippen LogP contribution in [0.4, 0.5) is 11.4 Å². The van der Waals surface area contributed by atoms with E-state index < -0.39 is 15.8 Å². The lowest BCUT2D eigenvalue weighted by Crippen LogP contribution is -2.25. The lowest BCUT2D eigenvalue weighted by atomic mass is 10.2. The van der Waals surface area contributed by atoms with Gasteiger partial charge in [0.15, 0.2) is 11.0 Å². The highest BCUT2D eigenvalue weighted by Crippen LogP contribution is 2.27. The number of amides is 1. The summed E-state index contributed by atoms with van der Waals surface area (Å²) in [5.41, 5.74) is 1.44. The van der Waals surface area contributed by atoms with Gasteiger partial charge in [0.25, 0.3) is 17.3 Å². The molecular weight excluding hydrogens is 508 g/mol. The minimum absolute atomic E-state index is 0.0396. The van der Waals surface area contributed by atoms with Crippen molar-refractivity contribution in [1.29, 1.82) is 0 Å². The second-order valence-electron chi connectivity index (χ2n) is 7.39. The van der Waals surface area contributed by atoms with Crippen molar-refractivity contribution in [2.75, 3.05) is 0 Å². The molecule has 0 atom stereocenters. The number of benzene rings is 3. The van der Waals surface area contributed by atoms with Crippen LogP contribution in [0, 0.1) is 20.2 Å². The molecule has 182 valence electrons. The third-order valence-corrected chi connectivity index (χ3v) is 6.36. The zero-order chi connectivity index (χ0) is 25.7. The van der Waals surface area contributed by atoms with E-state index in [1.165, 1.54) is 36.0 Å². The zero-order valence-corrected chi connectivity index (χ0v) is 20.0. The van der Waals surface area contributed by atoms with Crippen molar-refractivity contribution in [3.8, 4) is 5.69 Å². The largest absolute Gasteiger partial charge is 0.345 e. The molecule has 0 aliphatic rings. The molecule has 1 amide bonds. The van der Waals surface area contributed by atoms with E-state index >= 15 is 0 Å². The summed E-state index contributed by atoms with van der Waals surface area (Å²) < 4.78 is 1.70. The van der Waals surface area contributed by atoms with E-state index in [4.69, 9.17) is 11.6 Å². The van der Waals surface area contributed by atoms with Crippen LogP contribution in [0.3, 0.4) is 0 Å². The molecule has 3 aromatic carbocycles. The number of hydrogen-bond donors (Lipinski definition) is 1. The molecule has 1 N–H and O–H groups in total. The van der Waals surface area contributed by atoms with Gasteiger partial charge >= 0.3 is 0 Å². The summed E-state index contributed by atoms with van der Waals surface area (Å²) in [7, 11) is 0. The first-order valence-corrected chi connectivity index (χ1v) is 11.8. The van der Waals surface area contributed by atoms with E-state index in [0.717, 1.165) is 11.6 Å². The second kappa shape index (κ2) is 11.0. The van der Waals surface area contributed by atoms with Crippen LogP contribution in [0.5, 0.6) is 0 Å². The summed E-state index contributed by atoms with van der Waals surface area (Å²) in [6.45, 7) is -0.0396. The van der Waals surface area contributed by atoms with Crippen LogP contribution < -0.4 is 5.32 Å². The number of hydrogen-bond acceptors (Lipinski definition) is 8. The van der Waals surface area contributed by atoms with Crippen molar-refractivity contribution in [3.05, 3.63) is 115 Å². The van der Waals surface area contributed by atoms with Gasteiger partial charge in [0.2, 0.25) is 0 Å². The Morgan fingerprint density at radius 3 is 2.25 bits per heavy atom. The number of nitrogens with one attached hydrogen (secondary N) is 1. The van der Waals surface area contributed by atoms with Crippen LogP contribution in [0.2, 0.25) is 5.02 Å². The van der Waals surface area contributed by atoms with E-state index in [1.807, 2.05) is 30.3 Å². The van der Waals surface area contributed by atoms with E-state index in [1.54, 1.807) is 16.7 Å². The number of rotatable bonds is 9. The van der Waals surface area contributed by atoms with Crippen molar-refractivity contribution in [1.82, 2.24) is 20.1 Å². The third kappa shape index (κ3) is 5.67. The Morgan fingerprint density at radius 1 is 0.944 bits per heavy atom. The summed E-state index contributed by atoms with van der Waals surface area (Å²) in [5, 5.41) is 33.6. The first-order chi connectivity index (χ1) is 17.3. The van der Waals surface area contributed by atoms with Crippen LogP contribution in [0.15, 0.2) is 78.0 Å². The van der Waals surface area contributed by atoms with Gasteiger partial charge in [-0.1, -0.05) is 53.7 Å². The van der Waals surface area contributed by atoms with Crippen molar-refractivity contribution in [2.24, 2.45) is 0 Å². The molecule has 0 saturated heterocycles. The van der Waals surface area contributed by atoms with Crippen LogP contribution in [-0.4, -0.2) is 30.5 Å². The first-order valence-electron chi connectivity index (χ1n) is 10.4. The number of carbonyl (C=O) groups is 1. The highest BCUT2D eigenvalue weighted by atomic mass is 35.5. The number of carbonyl (C=O) groups excluding carboxylic acids is 1. The molecule has 4 rings (SSSR count). The van der Waals surface area contributed by atoms with Gasteiger partial charge in [0, 0.05) is 35.7 Å². The molecule has 1 heterocycles. The Labute approximate surface area is 213 Å². The lowest BCUT2D eigenvalue weighted by Gasteiger charge is -2.11. The quantitative estimate of drug-likeness (QED) is 0.183. The molecule has 0 aliphatic carbocycles. The fourth-order valence-corrected chi connectivity index (χ4v) is 4.46. The summed E-state index contributed by atoms with van der Waals surface area (Å²) in [5.74, 6) is 0.439. The fraction of sp³-hybridized carbons (Fsp3) is 0.0870. The minimum atomic E-state index is -0.602. The average molecular weight is 525 g/mol. The number of nitro groups is 2. The predicted octanol–water partition coefficient (Wildman–Crippen LogP) is 4.96. The Morgan fingerprint density at radius 2 is 1.61 bits per heavy atom. The molecule has 0 bridgehead atoms. The van der Waals surface area contributed by atoms with Crippen LogP contribution >= 0.6 is 23.4 Å². The number of non-ortho nitro benzene ring substituents is 2. The molecule has 13 heteroatoms. The minimum Gasteiger partial charge on any atom is -0.345 e. The standard InChI is InChI=1S/C23H17ClN6O5S/c24-20-12-18(30(34)35)10-11-19(20)22(31)25-13-21-26-27-23(36-14-15-4-2-1-3-5-15)28(21)16-6-8-17(9-7-16)29(32)33/h1-12H,13-14H2,(H,25,31). The molecule has 36 heavy (non-hydrogen) atoms. The molecule has 0 radical (unpaired) electrons. The highest BCUT2D eigenvalue weighted by Gasteiger charge is 2.19. The van der Waals surface area contributed by atoms with Gasteiger partial charge in [0.05, 0.1) is 27.0 Å². The summed E-state index contributed by atoms with van der Waals surface area (Å²) in [6, 6.07) is 19.2. The van der Waals surface area contributed by atoms with E-state index in [2.05, 4.69) is 15.5 Å². The van der Waals surface area contributed by atoms with E-state index in [-0.39, 0.29) is 28.5 Å².